The summed E-state index contributed by atoms with van der Waals surface area (Å²) in [7, 11) is 1.50. The molecular formula is C13H16N4O2. The number of ether oxygens (including phenoxy) is 1. The van der Waals surface area contributed by atoms with Crippen LogP contribution < -0.4 is 5.32 Å². The summed E-state index contributed by atoms with van der Waals surface area (Å²) in [6.07, 6.45) is 3.13. The Kier molecular flexibility index (Phi) is 4.25. The Hall–Kier alpha value is -2.21. The lowest BCUT2D eigenvalue weighted by molar-refractivity contribution is -0.125. The molecule has 0 saturated heterocycles. The second-order valence-electron chi connectivity index (χ2n) is 4.15. The van der Waals surface area contributed by atoms with Crippen molar-refractivity contribution >= 4 is 5.91 Å². The summed E-state index contributed by atoms with van der Waals surface area (Å²) in [6, 6.07) is 7.71. The van der Waals surface area contributed by atoms with Gasteiger partial charge in [0.25, 0.3) is 0 Å². The maximum Gasteiger partial charge on any atom is 0.246 e. The first-order valence-electron chi connectivity index (χ1n) is 5.94. The first-order chi connectivity index (χ1) is 9.20. The van der Waals surface area contributed by atoms with Crippen LogP contribution in [0.4, 0.5) is 0 Å². The fourth-order valence-electron chi connectivity index (χ4n) is 1.75. The van der Waals surface area contributed by atoms with Gasteiger partial charge in [-0.1, -0.05) is 12.1 Å². The summed E-state index contributed by atoms with van der Waals surface area (Å²) in [5.41, 5.74) is 1.95. The summed E-state index contributed by atoms with van der Waals surface area (Å²) in [5, 5.41) is 6.91. The van der Waals surface area contributed by atoms with Crippen molar-refractivity contribution in [2.45, 2.75) is 13.0 Å². The highest BCUT2D eigenvalue weighted by molar-refractivity contribution is 5.77. The lowest BCUT2D eigenvalue weighted by Crippen LogP contribution is -2.29. The molecule has 0 aliphatic heterocycles. The molecule has 1 N–H and O–H groups in total. The second kappa shape index (κ2) is 6.10. The first-order valence-corrected chi connectivity index (χ1v) is 5.94. The highest BCUT2D eigenvalue weighted by Gasteiger charge is 2.09. The molecule has 1 aromatic heterocycles. The van der Waals surface area contributed by atoms with Gasteiger partial charge in [0.05, 0.1) is 11.7 Å². The summed E-state index contributed by atoms with van der Waals surface area (Å²) in [6.45, 7) is 2.00. The molecule has 6 nitrogen and oxygen atoms in total. The van der Waals surface area contributed by atoms with Crippen LogP contribution in [0, 0.1) is 0 Å². The molecule has 0 bridgehead atoms. The van der Waals surface area contributed by atoms with Crippen LogP contribution in [0.15, 0.2) is 36.9 Å². The van der Waals surface area contributed by atoms with Gasteiger partial charge in [-0.15, -0.1) is 0 Å². The number of hydrogen-bond acceptors (Lipinski definition) is 4. The van der Waals surface area contributed by atoms with E-state index in [9.17, 15) is 4.79 Å². The number of aromatic nitrogens is 3. The molecule has 0 spiro atoms. The summed E-state index contributed by atoms with van der Waals surface area (Å²) >= 11 is 0. The van der Waals surface area contributed by atoms with Gasteiger partial charge >= 0.3 is 0 Å². The van der Waals surface area contributed by atoms with Gasteiger partial charge in [-0.2, -0.15) is 5.10 Å². The number of nitrogens with zero attached hydrogens (tertiary/aromatic N) is 3. The molecule has 0 fully saturated rings. The van der Waals surface area contributed by atoms with Crippen molar-refractivity contribution in [1.29, 1.82) is 0 Å². The van der Waals surface area contributed by atoms with Crippen LogP contribution >= 0.6 is 0 Å². The van der Waals surface area contributed by atoms with Crippen LogP contribution in [0.2, 0.25) is 0 Å². The Morgan fingerprint density at radius 2 is 2.16 bits per heavy atom. The van der Waals surface area contributed by atoms with Crippen molar-refractivity contribution in [2.24, 2.45) is 0 Å². The summed E-state index contributed by atoms with van der Waals surface area (Å²) in [4.78, 5) is 15.3. The quantitative estimate of drug-likeness (QED) is 0.873. The Balaban J connectivity index is 2.04. The molecule has 2 rings (SSSR count). The van der Waals surface area contributed by atoms with E-state index in [1.165, 1.54) is 13.4 Å². The fourth-order valence-corrected chi connectivity index (χ4v) is 1.75. The predicted molar refractivity (Wildman–Crippen MR) is 69.8 cm³/mol. The zero-order chi connectivity index (χ0) is 13.7. The Morgan fingerprint density at radius 3 is 2.74 bits per heavy atom. The third kappa shape index (κ3) is 3.38. The minimum atomic E-state index is -0.129. The molecular weight excluding hydrogens is 244 g/mol. The molecule has 0 aliphatic carbocycles. The summed E-state index contributed by atoms with van der Waals surface area (Å²) < 4.78 is 6.46. The number of amides is 1. The van der Waals surface area contributed by atoms with Crippen LogP contribution in [0.1, 0.15) is 18.5 Å². The third-order valence-corrected chi connectivity index (χ3v) is 2.73. The highest BCUT2D eigenvalue weighted by atomic mass is 16.5. The molecule has 1 amide bonds. The standard InChI is InChI=1S/C13H16N4O2/c1-10(16-13(18)7-19-2)11-3-5-12(6-4-11)17-9-14-8-15-17/h3-6,8-10H,7H2,1-2H3,(H,16,18). The molecule has 100 valence electrons. The van der Waals surface area contributed by atoms with Crippen LogP contribution in [-0.4, -0.2) is 34.4 Å². The molecule has 2 aromatic rings. The van der Waals surface area contributed by atoms with Crippen molar-refractivity contribution in [2.75, 3.05) is 13.7 Å². The number of rotatable bonds is 5. The summed E-state index contributed by atoms with van der Waals surface area (Å²) in [5.74, 6) is -0.129. The van der Waals surface area contributed by atoms with Crippen molar-refractivity contribution in [3.05, 3.63) is 42.5 Å². The Bertz CT molecular complexity index is 522. The molecule has 6 heteroatoms. The molecule has 1 aromatic carbocycles. The molecule has 1 unspecified atom stereocenters. The molecule has 0 aliphatic rings. The van der Waals surface area contributed by atoms with E-state index in [0.29, 0.717) is 0 Å². The zero-order valence-electron chi connectivity index (χ0n) is 10.9. The number of carbonyl (C=O) groups excluding carboxylic acids is 1. The molecule has 0 saturated carbocycles. The number of methoxy groups -OCH3 is 1. The predicted octanol–water partition coefficient (Wildman–Crippen LogP) is 1.09. The maximum atomic E-state index is 11.4. The lowest BCUT2D eigenvalue weighted by atomic mass is 10.1. The third-order valence-electron chi connectivity index (χ3n) is 2.73. The van der Waals surface area contributed by atoms with Gasteiger partial charge in [0.2, 0.25) is 5.91 Å². The molecule has 1 atom stereocenters. The van der Waals surface area contributed by atoms with Crippen LogP contribution in [-0.2, 0) is 9.53 Å². The van der Waals surface area contributed by atoms with Gasteiger partial charge in [0, 0.05) is 7.11 Å². The van der Waals surface area contributed by atoms with Crippen LogP contribution in [0.25, 0.3) is 5.69 Å². The van der Waals surface area contributed by atoms with Crippen molar-refractivity contribution in [3.8, 4) is 5.69 Å². The monoisotopic (exact) mass is 260 g/mol. The lowest BCUT2D eigenvalue weighted by Gasteiger charge is -2.14. The topological polar surface area (TPSA) is 69.0 Å². The molecule has 0 radical (unpaired) electrons. The average molecular weight is 260 g/mol. The van der Waals surface area contributed by atoms with Gasteiger partial charge in [0.15, 0.2) is 0 Å². The normalized spacial score (nSPS) is 12.1. The van der Waals surface area contributed by atoms with Gasteiger partial charge < -0.3 is 10.1 Å². The minimum Gasteiger partial charge on any atom is -0.375 e. The first kappa shape index (κ1) is 13.2. The van der Waals surface area contributed by atoms with Gasteiger partial charge in [-0.25, -0.2) is 9.67 Å². The van der Waals surface area contributed by atoms with Gasteiger partial charge in [-0.3, -0.25) is 4.79 Å². The SMILES string of the molecule is COCC(=O)NC(C)c1ccc(-n2cncn2)cc1. The van der Waals surface area contributed by atoms with E-state index in [1.54, 1.807) is 11.0 Å². The van der Waals surface area contributed by atoms with E-state index >= 15 is 0 Å². The minimum absolute atomic E-state index is 0.0625. The van der Waals surface area contributed by atoms with Crippen molar-refractivity contribution < 1.29 is 9.53 Å². The number of hydrogen-bond donors (Lipinski definition) is 1. The number of carbonyl (C=O) groups is 1. The van der Waals surface area contributed by atoms with Crippen molar-refractivity contribution in [1.82, 2.24) is 20.1 Å². The number of benzene rings is 1. The van der Waals surface area contributed by atoms with E-state index in [4.69, 9.17) is 4.74 Å². The van der Waals surface area contributed by atoms with Crippen LogP contribution in [0.3, 0.4) is 0 Å². The Morgan fingerprint density at radius 1 is 1.42 bits per heavy atom. The van der Waals surface area contributed by atoms with Crippen LogP contribution in [0.5, 0.6) is 0 Å². The molecule has 19 heavy (non-hydrogen) atoms. The van der Waals surface area contributed by atoms with Crippen molar-refractivity contribution in [3.63, 3.8) is 0 Å². The Labute approximate surface area is 111 Å². The van der Waals surface area contributed by atoms with E-state index in [-0.39, 0.29) is 18.6 Å². The van der Waals surface area contributed by atoms with E-state index < -0.39 is 0 Å². The van der Waals surface area contributed by atoms with E-state index in [1.807, 2.05) is 31.2 Å². The second-order valence-corrected chi connectivity index (χ2v) is 4.15. The highest BCUT2D eigenvalue weighted by Crippen LogP contribution is 2.14. The zero-order valence-corrected chi connectivity index (χ0v) is 10.9. The molecule has 1 heterocycles. The van der Waals surface area contributed by atoms with Gasteiger partial charge in [-0.05, 0) is 24.6 Å². The average Bonchev–Trinajstić information content (AvgIpc) is 2.93. The maximum absolute atomic E-state index is 11.4. The largest absolute Gasteiger partial charge is 0.375 e. The van der Waals surface area contributed by atoms with E-state index in [2.05, 4.69) is 15.4 Å². The van der Waals surface area contributed by atoms with E-state index in [0.717, 1.165) is 11.3 Å². The fraction of sp³-hybridized carbons (Fsp3) is 0.308. The van der Waals surface area contributed by atoms with Gasteiger partial charge in [0.1, 0.15) is 19.3 Å². The number of nitrogens with one attached hydrogen (secondary N) is 1. The smallest absolute Gasteiger partial charge is 0.246 e.